The summed E-state index contributed by atoms with van der Waals surface area (Å²) in [6.07, 6.45) is 0.675. The number of aromatic hydroxyl groups is 1. The van der Waals surface area contributed by atoms with Crippen LogP contribution in [-0.2, 0) is 0 Å². The lowest BCUT2D eigenvalue weighted by atomic mass is 9.96. The van der Waals surface area contributed by atoms with Crippen molar-refractivity contribution in [1.29, 1.82) is 0 Å². The average molecular weight is 769 g/mol. The summed E-state index contributed by atoms with van der Waals surface area (Å²) >= 11 is 0. The van der Waals surface area contributed by atoms with Crippen LogP contribution in [0, 0.1) is 20.8 Å². The van der Waals surface area contributed by atoms with Gasteiger partial charge in [0.2, 0.25) is 0 Å². The van der Waals surface area contributed by atoms with Crippen molar-refractivity contribution in [2.75, 3.05) is 13.2 Å². The van der Waals surface area contributed by atoms with Crippen molar-refractivity contribution >= 4 is 43.6 Å². The van der Waals surface area contributed by atoms with Gasteiger partial charge in [-0.1, -0.05) is 115 Å². The Balaban J connectivity index is 0.904. The number of hydrogen-bond acceptors (Lipinski definition) is 3. The van der Waals surface area contributed by atoms with Crippen LogP contribution in [0.3, 0.4) is 0 Å². The molecule has 0 aliphatic rings. The Morgan fingerprint density at radius 1 is 0.407 bits per heavy atom. The van der Waals surface area contributed by atoms with E-state index in [0.717, 1.165) is 66.8 Å². The van der Waals surface area contributed by atoms with Gasteiger partial charge in [-0.15, -0.1) is 0 Å². The van der Waals surface area contributed by atoms with Crippen LogP contribution < -0.4 is 9.47 Å². The largest absolute Gasteiger partial charge is 0.505 e. The first kappa shape index (κ1) is 36.1. The number of ether oxygens (including phenoxy) is 2. The molecule has 0 radical (unpaired) electrons. The molecule has 0 amide bonds. The summed E-state index contributed by atoms with van der Waals surface area (Å²) in [6.45, 7) is 7.39. The highest BCUT2D eigenvalue weighted by molar-refractivity contribution is 6.10. The number of benzene rings is 8. The Hall–Kier alpha value is -7.24. The summed E-state index contributed by atoms with van der Waals surface area (Å²) in [7, 11) is 0. The molecule has 288 valence electrons. The molecule has 5 heteroatoms. The van der Waals surface area contributed by atoms with Gasteiger partial charge in [-0.2, -0.15) is 0 Å². The average Bonchev–Trinajstić information content (AvgIpc) is 3.78. The lowest BCUT2D eigenvalue weighted by Crippen LogP contribution is -2.07. The number of aryl methyl sites for hydroxylation is 2. The summed E-state index contributed by atoms with van der Waals surface area (Å²) in [5.74, 6) is 1.78. The summed E-state index contributed by atoms with van der Waals surface area (Å²) < 4.78 is 17.6. The molecule has 0 saturated heterocycles. The summed E-state index contributed by atoms with van der Waals surface area (Å²) in [5.41, 5.74) is 13.6. The van der Waals surface area contributed by atoms with Crippen molar-refractivity contribution < 1.29 is 14.6 Å². The molecule has 0 spiro atoms. The quantitative estimate of drug-likeness (QED) is 0.141. The Kier molecular flexibility index (Phi) is 9.14. The first-order chi connectivity index (χ1) is 29.0. The molecule has 0 unspecified atom stereocenters. The number of phenolic OH excluding ortho intramolecular Hbond substituents is 1. The molecule has 10 aromatic rings. The zero-order valence-electron chi connectivity index (χ0n) is 33.4. The zero-order chi connectivity index (χ0) is 40.0. The SMILES string of the molecule is Cc1cc(-c2ccccc2OCCCOc2ccccc2-c2cc(C)cc(-n3c4ccccc4c4ccccc43)c2O)c(C)c(-n2c3ccccc3c3ccccc32)c1. The first-order valence-electron chi connectivity index (χ1n) is 20.3. The van der Waals surface area contributed by atoms with E-state index < -0.39 is 0 Å². The van der Waals surface area contributed by atoms with Crippen LogP contribution in [0.4, 0.5) is 0 Å². The smallest absolute Gasteiger partial charge is 0.147 e. The van der Waals surface area contributed by atoms with Crippen molar-refractivity contribution in [2.24, 2.45) is 0 Å². The third-order valence-electron chi connectivity index (χ3n) is 11.6. The normalized spacial score (nSPS) is 11.6. The van der Waals surface area contributed by atoms with Crippen molar-refractivity contribution in [2.45, 2.75) is 27.2 Å². The number of nitrogens with zero attached hydrogens (tertiary/aromatic N) is 2. The summed E-state index contributed by atoms with van der Waals surface area (Å²) in [4.78, 5) is 0. The van der Waals surface area contributed by atoms with Crippen LogP contribution in [0.1, 0.15) is 23.1 Å². The fourth-order valence-electron chi connectivity index (χ4n) is 8.90. The molecule has 8 aromatic carbocycles. The maximum Gasteiger partial charge on any atom is 0.147 e. The fraction of sp³-hybridized carbons (Fsp3) is 0.111. The molecular weight excluding hydrogens is 725 g/mol. The van der Waals surface area contributed by atoms with E-state index in [2.05, 4.69) is 151 Å². The van der Waals surface area contributed by atoms with E-state index in [4.69, 9.17) is 9.47 Å². The Morgan fingerprint density at radius 2 is 0.780 bits per heavy atom. The molecule has 0 aliphatic carbocycles. The fourth-order valence-corrected chi connectivity index (χ4v) is 8.90. The van der Waals surface area contributed by atoms with E-state index >= 15 is 0 Å². The number of aromatic nitrogens is 2. The molecule has 0 atom stereocenters. The molecule has 5 nitrogen and oxygen atoms in total. The van der Waals surface area contributed by atoms with Crippen molar-refractivity contribution in [3.05, 3.63) is 187 Å². The highest BCUT2D eigenvalue weighted by Crippen LogP contribution is 2.43. The Bertz CT molecular complexity index is 2880. The van der Waals surface area contributed by atoms with Crippen LogP contribution in [0.25, 0.3) is 77.2 Å². The molecule has 0 aliphatic heterocycles. The maximum absolute atomic E-state index is 12.0. The number of rotatable bonds is 10. The second-order valence-electron chi connectivity index (χ2n) is 15.4. The summed E-state index contributed by atoms with van der Waals surface area (Å²) in [5, 5.41) is 16.8. The molecule has 0 fully saturated rings. The monoisotopic (exact) mass is 768 g/mol. The molecular formula is C54H44N2O3. The van der Waals surface area contributed by atoms with E-state index in [1.165, 1.54) is 38.6 Å². The summed E-state index contributed by atoms with van der Waals surface area (Å²) in [6, 6.07) is 59.0. The molecule has 2 aromatic heterocycles. The van der Waals surface area contributed by atoms with Gasteiger partial charge in [0.05, 0.1) is 41.0 Å². The van der Waals surface area contributed by atoms with Crippen molar-refractivity contribution in [3.8, 4) is 50.9 Å². The number of phenols is 1. The van der Waals surface area contributed by atoms with Crippen LogP contribution in [0.15, 0.2) is 170 Å². The number of para-hydroxylation sites is 6. The topological polar surface area (TPSA) is 48.6 Å². The van der Waals surface area contributed by atoms with Crippen LogP contribution in [0.5, 0.6) is 17.2 Å². The van der Waals surface area contributed by atoms with Gasteiger partial charge in [0, 0.05) is 50.3 Å². The predicted octanol–water partition coefficient (Wildman–Crippen LogP) is 13.7. The number of fused-ring (bicyclic) bond motifs is 6. The van der Waals surface area contributed by atoms with E-state index in [-0.39, 0.29) is 5.75 Å². The maximum atomic E-state index is 12.0. The van der Waals surface area contributed by atoms with Gasteiger partial charge in [0.15, 0.2) is 0 Å². The lowest BCUT2D eigenvalue weighted by molar-refractivity contribution is 0.248. The van der Waals surface area contributed by atoms with Gasteiger partial charge in [0.1, 0.15) is 17.2 Å². The molecule has 2 heterocycles. The van der Waals surface area contributed by atoms with E-state index in [1.807, 2.05) is 48.5 Å². The minimum Gasteiger partial charge on any atom is -0.505 e. The highest BCUT2D eigenvalue weighted by atomic mass is 16.5. The van der Waals surface area contributed by atoms with Crippen LogP contribution in [0.2, 0.25) is 0 Å². The molecule has 1 N–H and O–H groups in total. The third-order valence-corrected chi connectivity index (χ3v) is 11.6. The van der Waals surface area contributed by atoms with E-state index in [9.17, 15) is 5.11 Å². The second kappa shape index (κ2) is 14.9. The van der Waals surface area contributed by atoms with Gasteiger partial charge in [0.25, 0.3) is 0 Å². The highest BCUT2D eigenvalue weighted by Gasteiger charge is 2.21. The first-order valence-corrected chi connectivity index (χ1v) is 20.3. The Morgan fingerprint density at radius 3 is 1.27 bits per heavy atom. The van der Waals surface area contributed by atoms with E-state index in [0.29, 0.717) is 19.6 Å². The second-order valence-corrected chi connectivity index (χ2v) is 15.4. The molecule has 0 bridgehead atoms. The van der Waals surface area contributed by atoms with Gasteiger partial charge < -0.3 is 23.7 Å². The van der Waals surface area contributed by atoms with Crippen molar-refractivity contribution in [1.82, 2.24) is 9.13 Å². The molecule has 10 rings (SSSR count). The van der Waals surface area contributed by atoms with Crippen molar-refractivity contribution in [3.63, 3.8) is 0 Å². The zero-order valence-corrected chi connectivity index (χ0v) is 33.4. The number of hydrogen-bond donors (Lipinski definition) is 1. The third kappa shape index (κ3) is 6.27. The van der Waals surface area contributed by atoms with Gasteiger partial charge in [-0.3, -0.25) is 0 Å². The van der Waals surface area contributed by atoms with E-state index in [1.54, 1.807) is 0 Å². The Labute approximate surface area is 343 Å². The van der Waals surface area contributed by atoms with Gasteiger partial charge in [-0.25, -0.2) is 0 Å². The van der Waals surface area contributed by atoms with Gasteiger partial charge >= 0.3 is 0 Å². The van der Waals surface area contributed by atoms with Gasteiger partial charge in [-0.05, 0) is 97.6 Å². The van der Waals surface area contributed by atoms with Crippen LogP contribution in [-0.4, -0.2) is 27.5 Å². The minimum absolute atomic E-state index is 0.214. The van der Waals surface area contributed by atoms with Crippen LogP contribution >= 0.6 is 0 Å². The molecule has 0 saturated carbocycles. The lowest BCUT2D eigenvalue weighted by Gasteiger charge is -2.19. The molecule has 59 heavy (non-hydrogen) atoms. The predicted molar refractivity (Wildman–Crippen MR) is 244 cm³/mol. The minimum atomic E-state index is 0.214. The standard InChI is InChI=1S/C54H44N2O3/c1-35-31-44(37(3)50(33-35)55-46-23-10-4-17-38(46)39-18-5-11-24-47(39)55)42-21-8-14-27-52(42)58-29-16-30-59-53-28-15-9-22-43(53)45-32-36(2)34-51(54(45)57)56-48-25-12-6-19-40(48)41-20-7-13-26-49(41)56/h4-15,17-28,31-34,57H,16,29-30H2,1-3H3.